The molecular weight excluding hydrogens is 334 g/mol. The maximum atomic E-state index is 11.9. The Morgan fingerprint density at radius 2 is 1.68 bits per heavy atom. The Morgan fingerprint density at radius 1 is 1.04 bits per heavy atom. The number of thioether (sulfide) groups is 1. The van der Waals surface area contributed by atoms with Crippen LogP contribution in [-0.4, -0.2) is 42.5 Å². The molecule has 0 saturated heterocycles. The molecule has 25 heavy (non-hydrogen) atoms. The van der Waals surface area contributed by atoms with Crippen molar-refractivity contribution in [1.82, 2.24) is 10.6 Å². The third kappa shape index (κ3) is 16.5. The molecule has 5 nitrogen and oxygen atoms in total. The van der Waals surface area contributed by atoms with Crippen molar-refractivity contribution in [1.29, 1.82) is 0 Å². The second kappa shape index (κ2) is 13.5. The molecule has 0 aliphatic carbocycles. The van der Waals surface area contributed by atoms with E-state index < -0.39 is 6.04 Å². The average Bonchev–Trinajstić information content (AvgIpc) is 2.49. The third-order valence-corrected chi connectivity index (χ3v) is 5.27. The van der Waals surface area contributed by atoms with Gasteiger partial charge >= 0.3 is 0 Å². The number of unbranched alkanes of at least 4 members (excludes halogenated alkanes) is 2. The quantitative estimate of drug-likeness (QED) is 0.433. The molecule has 2 amide bonds. The number of nitrogens with one attached hydrogen (secondary N) is 2. The molecule has 6 heteroatoms. The van der Waals surface area contributed by atoms with E-state index in [1.807, 2.05) is 0 Å². The van der Waals surface area contributed by atoms with Crippen molar-refractivity contribution in [2.75, 3.05) is 24.6 Å². The summed E-state index contributed by atoms with van der Waals surface area (Å²) >= 11 is 1.70. The summed E-state index contributed by atoms with van der Waals surface area (Å²) < 4.78 is 0. The lowest BCUT2D eigenvalue weighted by Crippen LogP contribution is -2.45. The Morgan fingerprint density at radius 3 is 2.28 bits per heavy atom. The number of carbonyl (C=O) groups is 2. The van der Waals surface area contributed by atoms with Crippen LogP contribution >= 0.6 is 11.8 Å². The smallest absolute Gasteiger partial charge is 0.237 e. The van der Waals surface area contributed by atoms with E-state index in [1.54, 1.807) is 11.8 Å². The molecule has 0 spiro atoms. The molecular formula is C19H39N3O2S. The summed E-state index contributed by atoms with van der Waals surface area (Å²) in [5.74, 6) is 2.23. The lowest BCUT2D eigenvalue weighted by Gasteiger charge is -2.19. The van der Waals surface area contributed by atoms with E-state index in [0.717, 1.165) is 24.5 Å². The van der Waals surface area contributed by atoms with Crippen molar-refractivity contribution in [3.05, 3.63) is 0 Å². The number of hydrogen-bond acceptors (Lipinski definition) is 4. The molecule has 0 rings (SSSR count). The van der Waals surface area contributed by atoms with Crippen molar-refractivity contribution in [3.63, 3.8) is 0 Å². The van der Waals surface area contributed by atoms with Gasteiger partial charge in [-0.1, -0.05) is 53.9 Å². The van der Waals surface area contributed by atoms with Gasteiger partial charge in [-0.25, -0.2) is 0 Å². The average molecular weight is 374 g/mol. The maximum absolute atomic E-state index is 11.9. The first-order chi connectivity index (χ1) is 11.6. The number of rotatable bonds is 13. The molecule has 1 atom stereocenters. The molecule has 0 aromatic carbocycles. The van der Waals surface area contributed by atoms with Gasteiger partial charge in [-0.05, 0) is 23.5 Å². The lowest BCUT2D eigenvalue weighted by atomic mass is 10.0. The Bertz CT molecular complexity index is 381. The molecule has 0 saturated carbocycles. The van der Waals surface area contributed by atoms with Crippen molar-refractivity contribution in [2.24, 2.45) is 17.1 Å². The summed E-state index contributed by atoms with van der Waals surface area (Å²) in [7, 11) is 0. The highest BCUT2D eigenvalue weighted by Crippen LogP contribution is 2.20. The molecule has 0 aliphatic rings. The first-order valence-corrected chi connectivity index (χ1v) is 10.6. The van der Waals surface area contributed by atoms with Crippen LogP contribution in [0.25, 0.3) is 0 Å². The van der Waals surface area contributed by atoms with Crippen molar-refractivity contribution in [3.8, 4) is 0 Å². The molecule has 0 unspecified atom stereocenters. The summed E-state index contributed by atoms with van der Waals surface area (Å²) in [6, 6.07) is -0.496. The lowest BCUT2D eigenvalue weighted by molar-refractivity contribution is -0.123. The maximum Gasteiger partial charge on any atom is 0.237 e. The summed E-state index contributed by atoms with van der Waals surface area (Å²) in [5.41, 5.74) is 6.12. The van der Waals surface area contributed by atoms with E-state index in [2.05, 4.69) is 45.3 Å². The predicted octanol–water partition coefficient (Wildman–Crippen LogP) is 2.93. The van der Waals surface area contributed by atoms with Gasteiger partial charge in [0.25, 0.3) is 0 Å². The van der Waals surface area contributed by atoms with E-state index in [-0.39, 0.29) is 17.2 Å². The van der Waals surface area contributed by atoms with Gasteiger partial charge < -0.3 is 16.4 Å². The van der Waals surface area contributed by atoms with Gasteiger partial charge in [-0.2, -0.15) is 11.8 Å². The first kappa shape index (κ1) is 24.2. The minimum absolute atomic E-state index is 0.0591. The Balaban J connectivity index is 3.62. The van der Waals surface area contributed by atoms with Crippen molar-refractivity contribution in [2.45, 2.75) is 72.8 Å². The van der Waals surface area contributed by atoms with E-state index in [1.165, 1.54) is 12.8 Å². The van der Waals surface area contributed by atoms with Crippen LogP contribution in [0.1, 0.15) is 66.7 Å². The molecule has 0 heterocycles. The van der Waals surface area contributed by atoms with Gasteiger partial charge in [0.15, 0.2) is 0 Å². The van der Waals surface area contributed by atoms with Crippen LogP contribution < -0.4 is 16.4 Å². The summed E-state index contributed by atoms with van der Waals surface area (Å²) in [6.07, 6.45) is 5.01. The monoisotopic (exact) mass is 373 g/mol. The fraction of sp³-hybridized carbons (Fsp3) is 0.895. The van der Waals surface area contributed by atoms with Gasteiger partial charge in [-0.15, -0.1) is 0 Å². The number of hydrogen-bond donors (Lipinski definition) is 3. The van der Waals surface area contributed by atoms with Crippen LogP contribution in [0.4, 0.5) is 0 Å². The highest BCUT2D eigenvalue weighted by Gasteiger charge is 2.16. The highest BCUT2D eigenvalue weighted by atomic mass is 32.2. The van der Waals surface area contributed by atoms with Crippen molar-refractivity contribution < 1.29 is 9.59 Å². The van der Waals surface area contributed by atoms with Crippen LogP contribution in [0, 0.1) is 11.3 Å². The molecule has 0 radical (unpaired) electrons. The SMILES string of the molecule is CC(C)CCCCCC(=O)NCCNC(=O)[C@@H](N)CSCC(C)(C)C. The summed E-state index contributed by atoms with van der Waals surface area (Å²) in [6.45, 7) is 11.8. The number of nitrogens with two attached hydrogens (primary N) is 1. The Labute approximate surface area is 158 Å². The van der Waals surface area contributed by atoms with Crippen molar-refractivity contribution >= 4 is 23.6 Å². The van der Waals surface area contributed by atoms with Crippen LogP contribution in [0.3, 0.4) is 0 Å². The van der Waals surface area contributed by atoms with E-state index in [0.29, 0.717) is 25.3 Å². The first-order valence-electron chi connectivity index (χ1n) is 9.49. The van der Waals surface area contributed by atoms with Crippen LogP contribution in [0.2, 0.25) is 0 Å². The Hall–Kier alpha value is -0.750. The molecule has 148 valence electrons. The Kier molecular flexibility index (Phi) is 13.0. The van der Waals surface area contributed by atoms with E-state index in [4.69, 9.17) is 5.73 Å². The van der Waals surface area contributed by atoms with Crippen LogP contribution in [-0.2, 0) is 9.59 Å². The van der Waals surface area contributed by atoms with Gasteiger partial charge in [0.2, 0.25) is 11.8 Å². The second-order valence-corrected chi connectivity index (χ2v) is 9.35. The summed E-state index contributed by atoms with van der Waals surface area (Å²) in [5, 5.41) is 5.62. The zero-order chi connectivity index (χ0) is 19.3. The van der Waals surface area contributed by atoms with Gasteiger partial charge in [0.05, 0.1) is 6.04 Å². The third-order valence-electron chi connectivity index (χ3n) is 3.60. The fourth-order valence-corrected chi connectivity index (χ4v) is 3.33. The van der Waals surface area contributed by atoms with Crippen LogP contribution in [0.5, 0.6) is 0 Å². The highest BCUT2D eigenvalue weighted by molar-refractivity contribution is 7.99. The van der Waals surface area contributed by atoms with E-state index in [9.17, 15) is 9.59 Å². The minimum Gasteiger partial charge on any atom is -0.354 e. The van der Waals surface area contributed by atoms with Gasteiger partial charge in [0.1, 0.15) is 0 Å². The van der Waals surface area contributed by atoms with Gasteiger partial charge in [-0.3, -0.25) is 9.59 Å². The number of carbonyl (C=O) groups excluding carboxylic acids is 2. The zero-order valence-corrected chi connectivity index (χ0v) is 17.6. The molecule has 0 aromatic heterocycles. The number of amides is 2. The zero-order valence-electron chi connectivity index (χ0n) is 16.8. The topological polar surface area (TPSA) is 84.2 Å². The van der Waals surface area contributed by atoms with Crippen LogP contribution in [0.15, 0.2) is 0 Å². The predicted molar refractivity (Wildman–Crippen MR) is 109 cm³/mol. The molecule has 0 bridgehead atoms. The van der Waals surface area contributed by atoms with E-state index >= 15 is 0 Å². The molecule has 0 aromatic rings. The minimum atomic E-state index is -0.496. The molecule has 0 aliphatic heterocycles. The summed E-state index contributed by atoms with van der Waals surface area (Å²) in [4.78, 5) is 23.6. The van der Waals surface area contributed by atoms with Gasteiger partial charge in [0, 0.05) is 25.3 Å². The fourth-order valence-electron chi connectivity index (χ4n) is 2.19. The largest absolute Gasteiger partial charge is 0.354 e. The normalized spacial score (nSPS) is 12.9. The standard InChI is InChI=1S/C19H39N3O2S/c1-15(2)9-7-6-8-10-17(23)21-11-12-22-18(24)16(20)13-25-14-19(3,4)5/h15-16H,6-14,20H2,1-5H3,(H,21,23)(H,22,24)/t16-/m0/s1. The molecule has 4 N–H and O–H groups in total. The second-order valence-electron chi connectivity index (χ2n) is 8.32. The molecule has 0 fully saturated rings.